The van der Waals surface area contributed by atoms with Gasteiger partial charge in [-0.05, 0) is 24.4 Å². The molecule has 1 saturated carbocycles. The summed E-state index contributed by atoms with van der Waals surface area (Å²) in [4.78, 5) is 0. The first-order chi connectivity index (χ1) is 6.00. The van der Waals surface area contributed by atoms with E-state index >= 15 is 0 Å². The molecule has 0 aromatic carbocycles. The number of nitrogens with zero attached hydrogens (tertiary/aromatic N) is 3. The van der Waals surface area contributed by atoms with Gasteiger partial charge in [-0.15, -0.1) is 10.2 Å². The highest BCUT2D eigenvalue weighted by Crippen LogP contribution is 2.39. The van der Waals surface area contributed by atoms with Gasteiger partial charge >= 0.3 is 0 Å². The first-order valence-electron chi connectivity index (χ1n) is 4.61. The molecule has 0 spiro atoms. The fraction of sp³-hybridized carbons (Fsp3) is 0.778. The first-order valence-corrected chi connectivity index (χ1v) is 4.99. The Morgan fingerprint density at radius 1 is 1.31 bits per heavy atom. The van der Waals surface area contributed by atoms with Crippen LogP contribution in [0.1, 0.15) is 45.5 Å². The maximum atomic E-state index is 5.98. The van der Waals surface area contributed by atoms with Crippen LogP contribution < -0.4 is 0 Å². The van der Waals surface area contributed by atoms with Crippen LogP contribution in [0, 0.1) is 0 Å². The Bertz CT molecular complexity index is 320. The molecule has 0 saturated heterocycles. The second-order valence-electron chi connectivity index (χ2n) is 4.64. The third-order valence-electron chi connectivity index (χ3n) is 2.24. The quantitative estimate of drug-likeness (QED) is 0.696. The van der Waals surface area contributed by atoms with Crippen molar-refractivity contribution in [2.24, 2.45) is 0 Å². The van der Waals surface area contributed by atoms with Crippen LogP contribution in [-0.2, 0) is 5.41 Å². The average Bonchev–Trinajstić information content (AvgIpc) is 2.73. The molecule has 1 aliphatic rings. The van der Waals surface area contributed by atoms with E-state index in [0.29, 0.717) is 11.3 Å². The van der Waals surface area contributed by atoms with Crippen molar-refractivity contribution in [2.75, 3.05) is 0 Å². The van der Waals surface area contributed by atoms with E-state index in [-0.39, 0.29) is 5.41 Å². The molecule has 1 aliphatic carbocycles. The summed E-state index contributed by atoms with van der Waals surface area (Å²) in [6, 6.07) is 0.553. The highest BCUT2D eigenvalue weighted by molar-refractivity contribution is 6.28. The molecule has 0 bridgehead atoms. The minimum absolute atomic E-state index is 0.0305. The Balaban J connectivity index is 2.45. The highest BCUT2D eigenvalue weighted by Gasteiger charge is 2.32. The van der Waals surface area contributed by atoms with Crippen molar-refractivity contribution in [2.45, 2.75) is 45.1 Å². The molecule has 0 atom stereocenters. The monoisotopic (exact) mass is 199 g/mol. The van der Waals surface area contributed by atoms with E-state index in [2.05, 4.69) is 35.5 Å². The van der Waals surface area contributed by atoms with E-state index in [4.69, 9.17) is 11.6 Å². The Labute approximate surface area is 83.1 Å². The van der Waals surface area contributed by atoms with Crippen LogP contribution in [0.3, 0.4) is 0 Å². The molecule has 2 rings (SSSR count). The van der Waals surface area contributed by atoms with Crippen LogP contribution in [0.15, 0.2) is 0 Å². The van der Waals surface area contributed by atoms with Gasteiger partial charge in [0.2, 0.25) is 5.28 Å². The van der Waals surface area contributed by atoms with Crippen LogP contribution in [0.2, 0.25) is 5.28 Å². The van der Waals surface area contributed by atoms with Gasteiger partial charge in [-0.25, -0.2) is 0 Å². The Morgan fingerprint density at radius 3 is 2.38 bits per heavy atom. The van der Waals surface area contributed by atoms with E-state index in [1.165, 1.54) is 12.8 Å². The topological polar surface area (TPSA) is 30.7 Å². The molecule has 1 heterocycles. The minimum atomic E-state index is 0.0305. The highest BCUT2D eigenvalue weighted by atomic mass is 35.5. The molecular formula is C9H14ClN3. The fourth-order valence-electron chi connectivity index (χ4n) is 1.44. The zero-order valence-corrected chi connectivity index (χ0v) is 8.97. The molecule has 1 aromatic rings. The number of rotatable bonds is 1. The smallest absolute Gasteiger partial charge is 0.225 e. The van der Waals surface area contributed by atoms with Gasteiger partial charge in [0.1, 0.15) is 5.82 Å². The summed E-state index contributed by atoms with van der Waals surface area (Å²) >= 11 is 5.98. The van der Waals surface area contributed by atoms with Gasteiger partial charge in [-0.1, -0.05) is 20.8 Å². The predicted octanol–water partition coefficient (Wildman–Crippen LogP) is 2.56. The number of halogens is 1. The van der Waals surface area contributed by atoms with Crippen LogP contribution in [0.5, 0.6) is 0 Å². The van der Waals surface area contributed by atoms with Gasteiger partial charge in [-0.2, -0.15) is 0 Å². The Hall–Kier alpha value is -0.570. The Morgan fingerprint density at radius 2 is 1.92 bits per heavy atom. The maximum Gasteiger partial charge on any atom is 0.225 e. The van der Waals surface area contributed by atoms with Gasteiger partial charge in [0, 0.05) is 11.5 Å². The molecule has 0 aliphatic heterocycles. The molecule has 13 heavy (non-hydrogen) atoms. The van der Waals surface area contributed by atoms with Gasteiger partial charge in [0.25, 0.3) is 0 Å². The zero-order chi connectivity index (χ0) is 9.64. The van der Waals surface area contributed by atoms with Crippen molar-refractivity contribution in [3.63, 3.8) is 0 Å². The van der Waals surface area contributed by atoms with Crippen molar-refractivity contribution in [1.82, 2.24) is 14.8 Å². The zero-order valence-electron chi connectivity index (χ0n) is 8.21. The van der Waals surface area contributed by atoms with Crippen molar-refractivity contribution in [1.29, 1.82) is 0 Å². The molecule has 0 amide bonds. The average molecular weight is 200 g/mol. The van der Waals surface area contributed by atoms with Gasteiger partial charge < -0.3 is 0 Å². The SMILES string of the molecule is CC(C)(C)c1nnc(Cl)n1C1CC1. The van der Waals surface area contributed by atoms with Gasteiger partial charge in [-0.3, -0.25) is 4.57 Å². The van der Waals surface area contributed by atoms with E-state index in [1.54, 1.807) is 0 Å². The summed E-state index contributed by atoms with van der Waals surface area (Å²) in [7, 11) is 0. The minimum Gasteiger partial charge on any atom is -0.298 e. The summed E-state index contributed by atoms with van der Waals surface area (Å²) in [5.41, 5.74) is 0.0305. The van der Waals surface area contributed by atoms with Gasteiger partial charge in [0.05, 0.1) is 0 Å². The largest absolute Gasteiger partial charge is 0.298 e. The van der Waals surface area contributed by atoms with E-state index in [9.17, 15) is 0 Å². The van der Waals surface area contributed by atoms with Crippen molar-refractivity contribution < 1.29 is 0 Å². The van der Waals surface area contributed by atoms with Crippen LogP contribution in [-0.4, -0.2) is 14.8 Å². The third-order valence-corrected chi connectivity index (χ3v) is 2.49. The molecule has 4 heteroatoms. The molecule has 72 valence electrons. The lowest BCUT2D eigenvalue weighted by molar-refractivity contribution is 0.501. The second kappa shape index (κ2) is 2.71. The summed E-state index contributed by atoms with van der Waals surface area (Å²) in [6.45, 7) is 6.39. The molecule has 1 aromatic heterocycles. The van der Waals surface area contributed by atoms with Crippen molar-refractivity contribution in [3.05, 3.63) is 11.1 Å². The normalized spacial score (nSPS) is 17.8. The third kappa shape index (κ3) is 1.57. The number of aromatic nitrogens is 3. The van der Waals surface area contributed by atoms with Gasteiger partial charge in [0.15, 0.2) is 0 Å². The molecular weight excluding hydrogens is 186 g/mol. The van der Waals surface area contributed by atoms with Crippen LogP contribution in [0.4, 0.5) is 0 Å². The summed E-state index contributed by atoms with van der Waals surface area (Å²) in [5.74, 6) is 1.00. The lowest BCUT2D eigenvalue weighted by Crippen LogP contribution is -2.18. The van der Waals surface area contributed by atoms with Crippen molar-refractivity contribution >= 4 is 11.6 Å². The van der Waals surface area contributed by atoms with Crippen LogP contribution >= 0.6 is 11.6 Å². The van der Waals surface area contributed by atoms with E-state index in [1.807, 2.05) is 0 Å². The second-order valence-corrected chi connectivity index (χ2v) is 4.98. The first kappa shape index (κ1) is 9.00. The molecule has 0 unspecified atom stereocenters. The standard InChI is InChI=1S/C9H14ClN3/c1-9(2,3)7-11-12-8(10)13(7)6-4-5-6/h6H,4-5H2,1-3H3. The molecule has 0 N–H and O–H groups in total. The van der Waals surface area contributed by atoms with E-state index < -0.39 is 0 Å². The molecule has 1 fully saturated rings. The summed E-state index contributed by atoms with van der Waals surface area (Å²) < 4.78 is 2.07. The fourth-order valence-corrected chi connectivity index (χ4v) is 1.70. The molecule has 0 radical (unpaired) electrons. The number of hydrogen-bond donors (Lipinski definition) is 0. The Kier molecular flexibility index (Phi) is 1.88. The van der Waals surface area contributed by atoms with E-state index in [0.717, 1.165) is 5.82 Å². The van der Waals surface area contributed by atoms with Crippen molar-refractivity contribution in [3.8, 4) is 0 Å². The predicted molar refractivity (Wildman–Crippen MR) is 52.0 cm³/mol. The summed E-state index contributed by atoms with van der Waals surface area (Å²) in [6.07, 6.45) is 2.42. The maximum absolute atomic E-state index is 5.98. The number of hydrogen-bond acceptors (Lipinski definition) is 2. The van der Waals surface area contributed by atoms with Crippen LogP contribution in [0.25, 0.3) is 0 Å². The molecule has 3 nitrogen and oxygen atoms in total. The lowest BCUT2D eigenvalue weighted by atomic mass is 9.96. The summed E-state index contributed by atoms with van der Waals surface area (Å²) in [5, 5.41) is 8.59. The lowest BCUT2D eigenvalue weighted by Gasteiger charge is -2.18.